The second-order valence-electron chi connectivity index (χ2n) is 5.24. The molecule has 0 radical (unpaired) electrons. The van der Waals surface area contributed by atoms with Crippen LogP contribution in [0.4, 0.5) is 0 Å². The molecule has 0 fully saturated rings. The van der Waals surface area contributed by atoms with E-state index in [1.165, 1.54) is 6.33 Å². The van der Waals surface area contributed by atoms with Crippen LogP contribution >= 0.6 is 11.3 Å². The summed E-state index contributed by atoms with van der Waals surface area (Å²) >= 11 is 1.61. The molecule has 24 heavy (non-hydrogen) atoms. The van der Waals surface area contributed by atoms with E-state index in [2.05, 4.69) is 25.4 Å². The van der Waals surface area contributed by atoms with Crippen molar-refractivity contribution in [1.82, 2.24) is 30.0 Å². The fourth-order valence-corrected chi connectivity index (χ4v) is 3.08. The average Bonchev–Trinajstić information content (AvgIpc) is 3.28. The molecule has 3 aromatic rings. The van der Waals surface area contributed by atoms with Gasteiger partial charge in [0.25, 0.3) is 0 Å². The topological polar surface area (TPSA) is 85.6 Å². The predicted molar refractivity (Wildman–Crippen MR) is 91.3 cm³/mol. The summed E-state index contributed by atoms with van der Waals surface area (Å²) in [4.78, 5) is 24.3. The van der Waals surface area contributed by atoms with Crippen molar-refractivity contribution in [1.29, 1.82) is 0 Å². The zero-order valence-corrected chi connectivity index (χ0v) is 13.9. The van der Waals surface area contributed by atoms with Gasteiger partial charge in [0, 0.05) is 49.3 Å². The Morgan fingerprint density at radius 1 is 1.25 bits per heavy atom. The largest absolute Gasteiger partial charge is 0.356 e. The van der Waals surface area contributed by atoms with Crippen LogP contribution in [0.3, 0.4) is 0 Å². The van der Waals surface area contributed by atoms with Crippen LogP contribution < -0.4 is 5.32 Å². The minimum atomic E-state index is 0.0553. The van der Waals surface area contributed by atoms with Gasteiger partial charge < -0.3 is 5.32 Å². The summed E-state index contributed by atoms with van der Waals surface area (Å²) in [6.45, 7) is 1.30. The zero-order chi connectivity index (χ0) is 16.6. The molecule has 1 N–H and O–H groups in total. The Kier molecular flexibility index (Phi) is 5.62. The predicted octanol–water partition coefficient (Wildman–Crippen LogP) is 1.94. The number of thiazole rings is 1. The van der Waals surface area contributed by atoms with Crippen LogP contribution in [0.25, 0.3) is 10.6 Å². The molecule has 0 unspecified atom stereocenters. The highest BCUT2D eigenvalue weighted by atomic mass is 32.1. The molecular weight excluding hydrogens is 324 g/mol. The lowest BCUT2D eigenvalue weighted by atomic mass is 10.2. The first-order valence-corrected chi connectivity index (χ1v) is 8.63. The van der Waals surface area contributed by atoms with Gasteiger partial charge in [0.1, 0.15) is 17.7 Å². The van der Waals surface area contributed by atoms with Crippen LogP contribution in [0, 0.1) is 0 Å². The number of nitrogens with zero attached hydrogens (tertiary/aromatic N) is 5. The molecule has 8 heteroatoms. The molecule has 0 aromatic carbocycles. The summed E-state index contributed by atoms with van der Waals surface area (Å²) in [5.41, 5.74) is 2.06. The van der Waals surface area contributed by atoms with E-state index in [1.54, 1.807) is 34.7 Å². The molecule has 3 heterocycles. The minimum Gasteiger partial charge on any atom is -0.356 e. The van der Waals surface area contributed by atoms with Gasteiger partial charge in [0.15, 0.2) is 0 Å². The summed E-state index contributed by atoms with van der Waals surface area (Å²) < 4.78 is 1.73. The molecule has 0 atom stereocenters. The van der Waals surface area contributed by atoms with Gasteiger partial charge in [-0.1, -0.05) is 0 Å². The highest BCUT2D eigenvalue weighted by Gasteiger charge is 2.06. The summed E-state index contributed by atoms with van der Waals surface area (Å²) in [7, 11) is 0. The second kappa shape index (κ2) is 8.30. The smallest absolute Gasteiger partial charge is 0.220 e. The molecule has 0 saturated heterocycles. The number of hydrogen-bond donors (Lipinski definition) is 1. The molecule has 0 aliphatic heterocycles. The average molecular weight is 342 g/mol. The van der Waals surface area contributed by atoms with Gasteiger partial charge in [-0.2, -0.15) is 5.10 Å². The number of rotatable bonds is 8. The lowest BCUT2D eigenvalue weighted by Gasteiger charge is -2.04. The van der Waals surface area contributed by atoms with Gasteiger partial charge in [-0.25, -0.2) is 9.97 Å². The fourth-order valence-electron chi connectivity index (χ4n) is 2.22. The van der Waals surface area contributed by atoms with Gasteiger partial charge in [-0.05, 0) is 18.6 Å². The third-order valence-corrected chi connectivity index (χ3v) is 4.38. The van der Waals surface area contributed by atoms with E-state index in [9.17, 15) is 4.79 Å². The number of nitrogens with one attached hydrogen (secondary N) is 1. The molecule has 0 bridgehead atoms. The van der Waals surface area contributed by atoms with Crippen LogP contribution in [0.1, 0.15) is 18.5 Å². The van der Waals surface area contributed by atoms with Gasteiger partial charge >= 0.3 is 0 Å². The van der Waals surface area contributed by atoms with E-state index in [4.69, 9.17) is 0 Å². The summed E-state index contributed by atoms with van der Waals surface area (Å²) in [6.07, 6.45) is 8.63. The van der Waals surface area contributed by atoms with E-state index in [1.807, 2.05) is 17.5 Å². The Morgan fingerprint density at radius 3 is 2.92 bits per heavy atom. The van der Waals surface area contributed by atoms with Crippen molar-refractivity contribution in [2.75, 3.05) is 6.54 Å². The van der Waals surface area contributed by atoms with Crippen LogP contribution in [-0.4, -0.2) is 37.2 Å². The first-order chi connectivity index (χ1) is 11.8. The molecule has 3 aromatic heterocycles. The van der Waals surface area contributed by atoms with Crippen LogP contribution in [0.2, 0.25) is 0 Å². The van der Waals surface area contributed by atoms with E-state index < -0.39 is 0 Å². The summed E-state index contributed by atoms with van der Waals surface area (Å²) in [6, 6.07) is 3.89. The number of hydrogen-bond acceptors (Lipinski definition) is 6. The van der Waals surface area contributed by atoms with Crippen LogP contribution in [0.15, 0.2) is 42.6 Å². The molecule has 7 nitrogen and oxygen atoms in total. The van der Waals surface area contributed by atoms with Crippen molar-refractivity contribution in [3.8, 4) is 10.6 Å². The Morgan fingerprint density at radius 2 is 2.12 bits per heavy atom. The van der Waals surface area contributed by atoms with Crippen LogP contribution in [-0.2, 0) is 17.8 Å². The first kappa shape index (κ1) is 16.3. The molecule has 1 amide bonds. The maximum atomic E-state index is 11.8. The normalized spacial score (nSPS) is 10.7. The number of carbonyl (C=O) groups is 1. The zero-order valence-electron chi connectivity index (χ0n) is 13.1. The second-order valence-corrected chi connectivity index (χ2v) is 6.10. The molecular formula is C16H18N6OS. The number of carbonyl (C=O) groups excluding carboxylic acids is 1. The van der Waals surface area contributed by atoms with Crippen molar-refractivity contribution < 1.29 is 4.79 Å². The quantitative estimate of drug-likeness (QED) is 0.676. The first-order valence-electron chi connectivity index (χ1n) is 7.75. The lowest BCUT2D eigenvalue weighted by molar-refractivity contribution is -0.121. The van der Waals surface area contributed by atoms with E-state index in [0.717, 1.165) is 29.1 Å². The monoisotopic (exact) mass is 342 g/mol. The van der Waals surface area contributed by atoms with Gasteiger partial charge in [-0.15, -0.1) is 11.3 Å². The van der Waals surface area contributed by atoms with Crippen molar-refractivity contribution >= 4 is 17.2 Å². The maximum Gasteiger partial charge on any atom is 0.220 e. The maximum absolute atomic E-state index is 11.8. The minimum absolute atomic E-state index is 0.0553. The van der Waals surface area contributed by atoms with Crippen molar-refractivity contribution in [2.45, 2.75) is 25.8 Å². The number of aryl methyl sites for hydroxylation is 1. The third kappa shape index (κ3) is 4.69. The highest BCUT2D eigenvalue weighted by Crippen LogP contribution is 2.22. The third-order valence-electron chi connectivity index (χ3n) is 3.44. The van der Waals surface area contributed by atoms with Gasteiger partial charge in [-0.3, -0.25) is 14.5 Å². The Bertz CT molecular complexity index is 756. The van der Waals surface area contributed by atoms with Crippen molar-refractivity contribution in [2.24, 2.45) is 0 Å². The Hall–Kier alpha value is -2.61. The van der Waals surface area contributed by atoms with Crippen molar-refractivity contribution in [3.05, 3.63) is 48.3 Å². The van der Waals surface area contributed by atoms with E-state index in [0.29, 0.717) is 19.5 Å². The Labute approximate surface area is 143 Å². The molecule has 0 spiro atoms. The lowest BCUT2D eigenvalue weighted by Crippen LogP contribution is -2.25. The molecule has 0 saturated carbocycles. The van der Waals surface area contributed by atoms with Gasteiger partial charge in [0.05, 0.1) is 5.69 Å². The molecule has 124 valence electrons. The summed E-state index contributed by atoms with van der Waals surface area (Å²) in [5, 5.41) is 9.95. The number of pyridine rings is 1. The molecule has 0 aliphatic carbocycles. The SMILES string of the molecule is O=C(CCCn1cncn1)NCCc1csc(-c2ccncc2)n1. The van der Waals surface area contributed by atoms with E-state index >= 15 is 0 Å². The fraction of sp³-hybridized carbons (Fsp3) is 0.312. The molecule has 0 aliphatic rings. The number of aromatic nitrogens is 5. The van der Waals surface area contributed by atoms with Crippen molar-refractivity contribution in [3.63, 3.8) is 0 Å². The molecule has 3 rings (SSSR count). The number of amides is 1. The standard InChI is InChI=1S/C16H18N6OS/c23-15(2-1-9-22-12-18-11-20-22)19-8-5-14-10-24-16(21-14)13-3-6-17-7-4-13/h3-4,6-7,10-12H,1-2,5,8-9H2,(H,19,23). The highest BCUT2D eigenvalue weighted by molar-refractivity contribution is 7.13. The summed E-state index contributed by atoms with van der Waals surface area (Å²) in [5.74, 6) is 0.0553. The van der Waals surface area contributed by atoms with E-state index in [-0.39, 0.29) is 5.91 Å². The van der Waals surface area contributed by atoms with Gasteiger partial charge in [0.2, 0.25) is 5.91 Å². The van der Waals surface area contributed by atoms with Crippen LogP contribution in [0.5, 0.6) is 0 Å². The Balaban J connectivity index is 1.37.